The van der Waals surface area contributed by atoms with E-state index in [4.69, 9.17) is 11.6 Å². The van der Waals surface area contributed by atoms with Gasteiger partial charge in [-0.15, -0.1) is 0 Å². The van der Waals surface area contributed by atoms with Gasteiger partial charge in [0.15, 0.2) is 0 Å². The van der Waals surface area contributed by atoms with Crippen molar-refractivity contribution < 1.29 is 0 Å². The van der Waals surface area contributed by atoms with Crippen molar-refractivity contribution in [3.63, 3.8) is 0 Å². The van der Waals surface area contributed by atoms with E-state index in [9.17, 15) is 0 Å². The van der Waals surface area contributed by atoms with Crippen LogP contribution in [0.1, 0.15) is 24.8 Å². The third-order valence-electron chi connectivity index (χ3n) is 2.08. The minimum atomic E-state index is 0.495. The molecule has 1 aromatic carbocycles. The van der Waals surface area contributed by atoms with E-state index >= 15 is 0 Å². The molecule has 0 amide bonds. The van der Waals surface area contributed by atoms with Crippen LogP contribution in [0.4, 0.5) is 0 Å². The molecule has 0 bridgehead atoms. The first-order valence-corrected chi connectivity index (χ1v) is 7.65. The Morgan fingerprint density at radius 1 is 1.20 bits per heavy atom. The summed E-state index contributed by atoms with van der Waals surface area (Å²) < 4.78 is 1.45. The number of allylic oxidation sites excluding steroid dienone is 1. The summed E-state index contributed by atoms with van der Waals surface area (Å²) in [6.45, 7) is 2.12. The van der Waals surface area contributed by atoms with Crippen LogP contribution < -0.4 is 4.46 Å². The summed E-state index contributed by atoms with van der Waals surface area (Å²) in [7, 11) is 0. The molecule has 82 valence electrons. The Morgan fingerprint density at radius 2 is 1.93 bits per heavy atom. The van der Waals surface area contributed by atoms with Crippen molar-refractivity contribution in [2.75, 3.05) is 5.88 Å². The second-order valence-corrected chi connectivity index (χ2v) is 5.92. The molecule has 0 aliphatic heterocycles. The van der Waals surface area contributed by atoms with Gasteiger partial charge in [-0.1, -0.05) is 0 Å². The second-order valence-electron chi connectivity index (χ2n) is 3.49. The van der Waals surface area contributed by atoms with Crippen LogP contribution >= 0.6 is 11.6 Å². The summed E-state index contributed by atoms with van der Waals surface area (Å²) in [6, 6.07) is 8.80. The second kappa shape index (κ2) is 7.98. The van der Waals surface area contributed by atoms with Crippen molar-refractivity contribution in [3.05, 3.63) is 40.9 Å². The quantitative estimate of drug-likeness (QED) is 0.428. The van der Waals surface area contributed by atoms with Gasteiger partial charge in [-0.25, -0.2) is 0 Å². The van der Waals surface area contributed by atoms with Gasteiger partial charge < -0.3 is 0 Å². The van der Waals surface area contributed by atoms with Crippen molar-refractivity contribution in [2.24, 2.45) is 0 Å². The molecule has 2 heteroatoms. The van der Waals surface area contributed by atoms with Gasteiger partial charge in [0.2, 0.25) is 0 Å². The first-order chi connectivity index (χ1) is 7.33. The molecule has 0 fully saturated rings. The molecule has 0 saturated carbocycles. The number of rotatable bonds is 6. The third kappa shape index (κ3) is 6.04. The van der Waals surface area contributed by atoms with Gasteiger partial charge in [-0.3, -0.25) is 0 Å². The number of benzene rings is 1. The molecular formula is C13H17ClSe. The normalized spacial score (nSPS) is 11.1. The van der Waals surface area contributed by atoms with E-state index in [-0.39, 0.29) is 0 Å². The molecule has 0 atom stereocenters. The number of unbranched alkanes of at least 4 members (excludes halogenated alkanes) is 2. The molecule has 0 spiro atoms. The zero-order valence-electron chi connectivity index (χ0n) is 9.08. The Labute approximate surface area is 104 Å². The predicted octanol–water partition coefficient (Wildman–Crippen LogP) is 3.25. The monoisotopic (exact) mass is 288 g/mol. The average Bonchev–Trinajstić information content (AvgIpc) is 2.26. The molecule has 1 rings (SSSR count). The minimum absolute atomic E-state index is 0.495. The van der Waals surface area contributed by atoms with Crippen LogP contribution in [0.15, 0.2) is 35.3 Å². The fraction of sp³-hybridized carbons (Fsp3) is 0.385. The third-order valence-corrected chi connectivity index (χ3v) is 4.17. The molecule has 0 aliphatic carbocycles. The predicted molar refractivity (Wildman–Crippen MR) is 70.3 cm³/mol. The zero-order valence-corrected chi connectivity index (χ0v) is 11.5. The van der Waals surface area contributed by atoms with Gasteiger partial charge >= 0.3 is 104 Å². The molecule has 15 heavy (non-hydrogen) atoms. The van der Waals surface area contributed by atoms with Crippen LogP contribution in [0.3, 0.4) is 0 Å². The average molecular weight is 288 g/mol. The summed E-state index contributed by atoms with van der Waals surface area (Å²) >= 11 is 6.10. The maximum atomic E-state index is 5.60. The first kappa shape index (κ1) is 12.8. The first-order valence-electron chi connectivity index (χ1n) is 5.27. The van der Waals surface area contributed by atoms with Crippen LogP contribution in [0.2, 0.25) is 0 Å². The van der Waals surface area contributed by atoms with Gasteiger partial charge in [-0.2, -0.15) is 0 Å². The van der Waals surface area contributed by atoms with Gasteiger partial charge in [0, 0.05) is 0 Å². The van der Waals surface area contributed by atoms with Crippen LogP contribution in [0.5, 0.6) is 0 Å². The molecule has 0 N–H and O–H groups in total. The Balaban J connectivity index is 2.22. The van der Waals surface area contributed by atoms with Crippen molar-refractivity contribution in [2.45, 2.75) is 26.2 Å². The number of halogens is 1. The topological polar surface area (TPSA) is 0 Å². The van der Waals surface area contributed by atoms with Crippen molar-refractivity contribution >= 4 is 31.0 Å². The molecule has 0 heterocycles. The van der Waals surface area contributed by atoms with E-state index in [2.05, 4.69) is 42.2 Å². The number of alkyl halides is 1. The molecule has 0 unspecified atom stereocenters. The molecule has 0 radical (unpaired) electrons. The zero-order chi connectivity index (χ0) is 10.9. The van der Waals surface area contributed by atoms with Crippen molar-refractivity contribution in [3.8, 4) is 0 Å². The van der Waals surface area contributed by atoms with Crippen molar-refractivity contribution in [1.82, 2.24) is 0 Å². The fourth-order valence-electron chi connectivity index (χ4n) is 1.17. The van der Waals surface area contributed by atoms with Crippen molar-refractivity contribution in [1.29, 1.82) is 0 Å². The summed E-state index contributed by atoms with van der Waals surface area (Å²) in [5.41, 5.74) is 1.33. The molecule has 0 aliphatic rings. The van der Waals surface area contributed by atoms with Crippen LogP contribution in [-0.2, 0) is 0 Å². The fourth-order valence-corrected chi connectivity index (χ4v) is 2.79. The number of hydrogen-bond donors (Lipinski definition) is 0. The SMILES string of the molecule is Cc1ccc([Se]/C=C/CCCCCl)cc1. The summed E-state index contributed by atoms with van der Waals surface area (Å²) in [5, 5.41) is 0. The Hall–Kier alpha value is -0.231. The van der Waals surface area contributed by atoms with Crippen LogP contribution in [0.25, 0.3) is 0 Å². The maximum absolute atomic E-state index is 5.60. The van der Waals surface area contributed by atoms with Gasteiger partial charge in [-0.05, 0) is 0 Å². The molecule has 0 aromatic heterocycles. The Kier molecular flexibility index (Phi) is 6.83. The molecule has 0 nitrogen and oxygen atoms in total. The van der Waals surface area contributed by atoms with E-state index in [1.54, 1.807) is 0 Å². The van der Waals surface area contributed by atoms with Gasteiger partial charge in [0.25, 0.3) is 0 Å². The van der Waals surface area contributed by atoms with E-state index in [0.717, 1.165) is 12.3 Å². The van der Waals surface area contributed by atoms with Gasteiger partial charge in [0.1, 0.15) is 0 Å². The summed E-state index contributed by atoms with van der Waals surface area (Å²) in [6.07, 6.45) is 5.79. The Morgan fingerprint density at radius 3 is 2.60 bits per heavy atom. The van der Waals surface area contributed by atoms with E-state index in [1.165, 1.54) is 22.9 Å². The van der Waals surface area contributed by atoms with Crippen LogP contribution in [-0.4, -0.2) is 20.8 Å². The molecular weight excluding hydrogens is 271 g/mol. The van der Waals surface area contributed by atoms with E-state index < -0.39 is 0 Å². The summed E-state index contributed by atoms with van der Waals surface area (Å²) in [5.74, 6) is 0.789. The summed E-state index contributed by atoms with van der Waals surface area (Å²) in [4.78, 5) is 2.31. The number of aryl methyl sites for hydroxylation is 1. The molecule has 0 saturated heterocycles. The van der Waals surface area contributed by atoms with Crippen LogP contribution in [0, 0.1) is 6.92 Å². The van der Waals surface area contributed by atoms with E-state index in [1.807, 2.05) is 0 Å². The van der Waals surface area contributed by atoms with Gasteiger partial charge in [0.05, 0.1) is 0 Å². The number of hydrogen-bond acceptors (Lipinski definition) is 0. The Bertz CT molecular complexity index is 290. The molecule has 1 aromatic rings. The standard InChI is InChI=1S/C13H17ClSe/c1-12-6-8-13(9-7-12)15-11-5-3-2-4-10-14/h5-9,11H,2-4,10H2,1H3/b11-5+. The van der Waals surface area contributed by atoms with E-state index in [0.29, 0.717) is 15.0 Å².